The third-order valence-corrected chi connectivity index (χ3v) is 2.85. The van der Waals surface area contributed by atoms with Crippen molar-refractivity contribution < 1.29 is 14.5 Å². The largest absolute Gasteiger partial charge is 0.484 e. The van der Waals surface area contributed by atoms with Crippen LogP contribution in [0.1, 0.15) is 6.92 Å². The van der Waals surface area contributed by atoms with E-state index in [0.29, 0.717) is 4.47 Å². The molecule has 0 aromatic heterocycles. The summed E-state index contributed by atoms with van der Waals surface area (Å²) in [5.74, 6) is -0.738. The second-order valence-corrected chi connectivity index (χ2v) is 4.77. The Morgan fingerprint density at radius 1 is 1.61 bits per heavy atom. The van der Waals surface area contributed by atoms with Crippen molar-refractivity contribution in [1.29, 1.82) is 0 Å². The minimum Gasteiger partial charge on any atom is -0.484 e. The summed E-state index contributed by atoms with van der Waals surface area (Å²) in [6.07, 6.45) is 0. The molecular formula is C10H12BrN3O4. The number of nitro groups is 1. The van der Waals surface area contributed by atoms with Crippen molar-refractivity contribution in [2.75, 3.05) is 6.61 Å². The summed E-state index contributed by atoms with van der Waals surface area (Å²) in [6, 6.07) is 4.38. The summed E-state index contributed by atoms with van der Waals surface area (Å²) in [4.78, 5) is 21.2. The second kappa shape index (κ2) is 5.32. The average molecular weight is 318 g/mol. The maximum absolute atomic E-state index is 11.0. The quantitative estimate of drug-likeness (QED) is 0.618. The van der Waals surface area contributed by atoms with Gasteiger partial charge in [-0.1, -0.05) is 6.07 Å². The fourth-order valence-corrected chi connectivity index (χ4v) is 1.55. The molecule has 0 saturated carbocycles. The monoisotopic (exact) mass is 317 g/mol. The number of hydrogen-bond acceptors (Lipinski definition) is 5. The van der Waals surface area contributed by atoms with E-state index in [9.17, 15) is 14.9 Å². The molecule has 0 aliphatic carbocycles. The summed E-state index contributed by atoms with van der Waals surface area (Å²) in [5.41, 5.74) is 9.06. The number of carbonyl (C=O) groups excluding carboxylic acids is 1. The van der Waals surface area contributed by atoms with Crippen molar-refractivity contribution in [2.45, 2.75) is 12.5 Å². The molecule has 1 atom stereocenters. The Bertz CT molecular complexity index is 490. The van der Waals surface area contributed by atoms with Gasteiger partial charge >= 0.3 is 5.69 Å². The SMILES string of the molecule is CC(N)(COc1c(Br)cccc1[N+](=O)[O-])C(N)=O. The fourth-order valence-electron chi connectivity index (χ4n) is 1.08. The first-order valence-electron chi connectivity index (χ1n) is 4.90. The zero-order chi connectivity index (χ0) is 13.9. The van der Waals surface area contributed by atoms with E-state index < -0.39 is 16.4 Å². The van der Waals surface area contributed by atoms with Crippen LogP contribution in [0.25, 0.3) is 0 Å². The number of halogens is 1. The van der Waals surface area contributed by atoms with E-state index in [0.717, 1.165) is 0 Å². The second-order valence-electron chi connectivity index (χ2n) is 3.92. The molecule has 0 heterocycles. The van der Waals surface area contributed by atoms with E-state index in [2.05, 4.69) is 15.9 Å². The number of nitro benzene ring substituents is 1. The van der Waals surface area contributed by atoms with Crippen LogP contribution in [0.3, 0.4) is 0 Å². The van der Waals surface area contributed by atoms with Gasteiger partial charge in [-0.05, 0) is 28.9 Å². The standard InChI is InChI=1S/C10H12BrN3O4/c1-10(13,9(12)15)5-18-8-6(11)3-2-4-7(8)14(16)17/h2-4H,5,13H2,1H3,(H2,12,15). The van der Waals surface area contributed by atoms with E-state index in [-0.39, 0.29) is 18.0 Å². The number of para-hydroxylation sites is 1. The lowest BCUT2D eigenvalue weighted by Crippen LogP contribution is -2.53. The van der Waals surface area contributed by atoms with Gasteiger partial charge in [0.1, 0.15) is 12.1 Å². The van der Waals surface area contributed by atoms with Crippen LogP contribution in [0.4, 0.5) is 5.69 Å². The molecule has 0 fully saturated rings. The highest BCUT2D eigenvalue weighted by atomic mass is 79.9. The molecule has 4 N–H and O–H groups in total. The molecule has 1 amide bonds. The Kier molecular flexibility index (Phi) is 4.25. The van der Waals surface area contributed by atoms with E-state index >= 15 is 0 Å². The third kappa shape index (κ3) is 3.17. The van der Waals surface area contributed by atoms with Gasteiger partial charge in [-0.15, -0.1) is 0 Å². The molecule has 8 heteroatoms. The van der Waals surface area contributed by atoms with Gasteiger partial charge in [-0.3, -0.25) is 14.9 Å². The highest BCUT2D eigenvalue weighted by Crippen LogP contribution is 2.34. The predicted octanol–water partition coefficient (Wildman–Crippen LogP) is 0.939. The van der Waals surface area contributed by atoms with Gasteiger partial charge in [0.2, 0.25) is 11.7 Å². The van der Waals surface area contributed by atoms with E-state index in [4.69, 9.17) is 16.2 Å². The van der Waals surface area contributed by atoms with Crippen LogP contribution in [0, 0.1) is 10.1 Å². The van der Waals surface area contributed by atoms with Gasteiger partial charge in [0.15, 0.2) is 0 Å². The summed E-state index contributed by atoms with van der Waals surface area (Å²) in [7, 11) is 0. The smallest absolute Gasteiger partial charge is 0.312 e. The average Bonchev–Trinajstić information content (AvgIpc) is 2.26. The molecule has 18 heavy (non-hydrogen) atoms. The molecule has 1 aromatic rings. The lowest BCUT2D eigenvalue weighted by atomic mass is 10.1. The van der Waals surface area contributed by atoms with Gasteiger partial charge in [0.25, 0.3) is 0 Å². The van der Waals surface area contributed by atoms with Crippen molar-refractivity contribution in [3.05, 3.63) is 32.8 Å². The number of primary amides is 1. The molecule has 7 nitrogen and oxygen atoms in total. The summed E-state index contributed by atoms with van der Waals surface area (Å²) in [5, 5.41) is 10.8. The lowest BCUT2D eigenvalue weighted by Gasteiger charge is -2.20. The number of amides is 1. The van der Waals surface area contributed by atoms with Gasteiger partial charge in [-0.2, -0.15) is 0 Å². The first-order chi connectivity index (χ1) is 8.25. The van der Waals surface area contributed by atoms with Crippen LogP contribution in [0.2, 0.25) is 0 Å². The normalized spacial score (nSPS) is 13.7. The molecule has 0 saturated heterocycles. The summed E-state index contributed by atoms with van der Waals surface area (Å²) >= 11 is 3.13. The van der Waals surface area contributed by atoms with Crippen LogP contribution in [-0.2, 0) is 4.79 Å². The van der Waals surface area contributed by atoms with E-state index in [1.165, 1.54) is 19.1 Å². The first kappa shape index (κ1) is 14.4. The van der Waals surface area contributed by atoms with Crippen molar-refractivity contribution in [3.63, 3.8) is 0 Å². The molecule has 1 aromatic carbocycles. The molecule has 0 aliphatic rings. The summed E-state index contributed by atoms with van der Waals surface area (Å²) < 4.78 is 5.64. The molecular weight excluding hydrogens is 306 g/mol. The molecule has 0 bridgehead atoms. The third-order valence-electron chi connectivity index (χ3n) is 2.22. The molecule has 0 aliphatic heterocycles. The zero-order valence-corrected chi connectivity index (χ0v) is 11.1. The zero-order valence-electron chi connectivity index (χ0n) is 9.55. The number of nitrogens with zero attached hydrogens (tertiary/aromatic N) is 1. The maximum Gasteiger partial charge on any atom is 0.312 e. The van der Waals surface area contributed by atoms with Crippen molar-refractivity contribution in [2.24, 2.45) is 11.5 Å². The summed E-state index contributed by atoms with van der Waals surface area (Å²) in [6.45, 7) is 1.13. The Balaban J connectivity index is 2.98. The maximum atomic E-state index is 11.0. The van der Waals surface area contributed by atoms with E-state index in [1.54, 1.807) is 6.07 Å². The Hall–Kier alpha value is -1.67. The minimum absolute atomic E-state index is 0.0143. The van der Waals surface area contributed by atoms with E-state index in [1.807, 2.05) is 0 Å². The molecule has 1 unspecified atom stereocenters. The van der Waals surface area contributed by atoms with Gasteiger partial charge in [0.05, 0.1) is 9.40 Å². The Labute approximate surface area is 111 Å². The number of rotatable bonds is 5. The van der Waals surface area contributed by atoms with Crippen LogP contribution >= 0.6 is 15.9 Å². The van der Waals surface area contributed by atoms with Crippen LogP contribution in [-0.4, -0.2) is 23.0 Å². The Morgan fingerprint density at radius 3 is 2.72 bits per heavy atom. The minimum atomic E-state index is -1.40. The van der Waals surface area contributed by atoms with Gasteiger partial charge in [0, 0.05) is 6.07 Å². The topological polar surface area (TPSA) is 121 Å². The number of benzene rings is 1. The fraction of sp³-hybridized carbons (Fsp3) is 0.300. The highest BCUT2D eigenvalue weighted by molar-refractivity contribution is 9.10. The molecule has 0 spiro atoms. The van der Waals surface area contributed by atoms with Gasteiger partial charge in [-0.25, -0.2) is 0 Å². The molecule has 98 valence electrons. The van der Waals surface area contributed by atoms with Crippen molar-refractivity contribution in [3.8, 4) is 5.75 Å². The van der Waals surface area contributed by atoms with Gasteiger partial charge < -0.3 is 16.2 Å². The van der Waals surface area contributed by atoms with Crippen molar-refractivity contribution in [1.82, 2.24) is 0 Å². The molecule has 0 radical (unpaired) electrons. The molecule has 1 rings (SSSR count). The highest BCUT2D eigenvalue weighted by Gasteiger charge is 2.28. The number of hydrogen-bond donors (Lipinski definition) is 2. The number of carbonyl (C=O) groups is 1. The van der Waals surface area contributed by atoms with Crippen LogP contribution in [0.15, 0.2) is 22.7 Å². The van der Waals surface area contributed by atoms with Crippen LogP contribution in [0.5, 0.6) is 5.75 Å². The first-order valence-corrected chi connectivity index (χ1v) is 5.69. The lowest BCUT2D eigenvalue weighted by molar-refractivity contribution is -0.386. The van der Waals surface area contributed by atoms with Crippen LogP contribution < -0.4 is 16.2 Å². The number of ether oxygens (including phenoxy) is 1. The number of nitrogens with two attached hydrogens (primary N) is 2. The Morgan fingerprint density at radius 2 is 2.22 bits per heavy atom. The van der Waals surface area contributed by atoms with Crippen molar-refractivity contribution >= 4 is 27.5 Å². The predicted molar refractivity (Wildman–Crippen MR) is 68.1 cm³/mol.